The summed E-state index contributed by atoms with van der Waals surface area (Å²) in [6, 6.07) is 15.1. The third kappa shape index (κ3) is 1.95. The fourth-order valence-electron chi connectivity index (χ4n) is 3.79. The van der Waals surface area contributed by atoms with Gasteiger partial charge in [0.25, 0.3) is 0 Å². The van der Waals surface area contributed by atoms with Crippen molar-refractivity contribution in [2.24, 2.45) is 0 Å². The predicted octanol–water partition coefficient (Wildman–Crippen LogP) is 3.58. The van der Waals surface area contributed by atoms with Crippen LogP contribution in [0.1, 0.15) is 30.1 Å². The van der Waals surface area contributed by atoms with Gasteiger partial charge in [-0.15, -0.1) is 0 Å². The molecule has 0 saturated carbocycles. The van der Waals surface area contributed by atoms with Crippen LogP contribution in [0.3, 0.4) is 0 Å². The van der Waals surface area contributed by atoms with Crippen LogP contribution >= 0.6 is 0 Å². The minimum absolute atomic E-state index is 0.0136. The molecule has 1 atom stereocenters. The zero-order chi connectivity index (χ0) is 14.3. The molecule has 3 heteroatoms. The van der Waals surface area contributed by atoms with Crippen LogP contribution in [0.4, 0.5) is 4.39 Å². The first-order chi connectivity index (χ1) is 10.3. The number of piperidine rings is 1. The van der Waals surface area contributed by atoms with Crippen LogP contribution in [-0.2, 0) is 5.41 Å². The lowest BCUT2D eigenvalue weighted by molar-refractivity contribution is 0.119. The molecule has 2 heterocycles. The van der Waals surface area contributed by atoms with E-state index in [1.165, 1.54) is 17.7 Å². The summed E-state index contributed by atoms with van der Waals surface area (Å²) in [6.45, 7) is 1.99. The van der Waals surface area contributed by atoms with Crippen LogP contribution in [0.2, 0.25) is 0 Å². The third-order valence-corrected chi connectivity index (χ3v) is 4.84. The van der Waals surface area contributed by atoms with E-state index < -0.39 is 0 Å². The van der Waals surface area contributed by atoms with E-state index >= 15 is 0 Å². The summed E-state index contributed by atoms with van der Waals surface area (Å²) < 4.78 is 19.5. The Bertz CT molecular complexity index is 647. The van der Waals surface area contributed by atoms with Gasteiger partial charge in [-0.1, -0.05) is 30.3 Å². The van der Waals surface area contributed by atoms with Gasteiger partial charge in [-0.25, -0.2) is 4.39 Å². The number of ether oxygens (including phenoxy) is 1. The smallest absolute Gasteiger partial charge is 0.134 e. The second-order valence-corrected chi connectivity index (χ2v) is 5.95. The molecule has 0 amide bonds. The first-order valence-electron chi connectivity index (χ1n) is 7.52. The Balaban J connectivity index is 1.82. The van der Waals surface area contributed by atoms with Gasteiger partial charge in [-0.3, -0.25) is 0 Å². The van der Waals surface area contributed by atoms with Crippen molar-refractivity contribution < 1.29 is 9.13 Å². The number of para-hydroxylation sites is 1. The Kier molecular flexibility index (Phi) is 2.96. The fraction of sp³-hybridized carbons (Fsp3) is 0.333. The average molecular weight is 283 g/mol. The monoisotopic (exact) mass is 283 g/mol. The molecular weight excluding hydrogens is 265 g/mol. The standard InChI is InChI=1S/C18H18FNO/c19-14-7-5-13(6-8-14)17-18(9-11-20-12-10-18)15-3-1-2-4-16(15)21-17/h1-8,17,20H,9-12H2. The third-order valence-electron chi connectivity index (χ3n) is 4.84. The maximum absolute atomic E-state index is 13.2. The summed E-state index contributed by atoms with van der Waals surface area (Å²) in [5.41, 5.74) is 2.38. The Labute approximate surface area is 123 Å². The largest absolute Gasteiger partial charge is 0.484 e. The van der Waals surface area contributed by atoms with Crippen LogP contribution in [0, 0.1) is 5.82 Å². The molecule has 0 bridgehead atoms. The van der Waals surface area contributed by atoms with Crippen LogP contribution in [0.15, 0.2) is 48.5 Å². The van der Waals surface area contributed by atoms with Crippen LogP contribution < -0.4 is 10.1 Å². The number of rotatable bonds is 1. The molecule has 2 nitrogen and oxygen atoms in total. The SMILES string of the molecule is Fc1ccc(C2Oc3ccccc3C23CCNCC3)cc1. The lowest BCUT2D eigenvalue weighted by atomic mass is 9.68. The van der Waals surface area contributed by atoms with E-state index in [-0.39, 0.29) is 17.3 Å². The van der Waals surface area contributed by atoms with E-state index in [1.807, 2.05) is 24.3 Å². The predicted molar refractivity (Wildman–Crippen MR) is 80.0 cm³/mol. The highest BCUT2D eigenvalue weighted by molar-refractivity contribution is 5.48. The number of halogens is 1. The minimum atomic E-state index is -0.200. The van der Waals surface area contributed by atoms with Gasteiger partial charge in [0.2, 0.25) is 0 Å². The fourth-order valence-corrected chi connectivity index (χ4v) is 3.79. The zero-order valence-electron chi connectivity index (χ0n) is 11.8. The van der Waals surface area contributed by atoms with Gasteiger partial charge in [0.15, 0.2) is 0 Å². The molecule has 1 N–H and O–H groups in total. The summed E-state index contributed by atoms with van der Waals surface area (Å²) >= 11 is 0. The highest BCUT2D eigenvalue weighted by atomic mass is 19.1. The van der Waals surface area contributed by atoms with Crippen molar-refractivity contribution in [1.82, 2.24) is 5.32 Å². The van der Waals surface area contributed by atoms with Crippen molar-refractivity contribution >= 4 is 0 Å². The number of hydrogen-bond donors (Lipinski definition) is 1. The maximum atomic E-state index is 13.2. The molecule has 1 spiro atoms. The van der Waals surface area contributed by atoms with Crippen molar-refractivity contribution in [1.29, 1.82) is 0 Å². The van der Waals surface area contributed by atoms with E-state index in [0.29, 0.717) is 0 Å². The first kappa shape index (κ1) is 12.8. The Morgan fingerprint density at radius 2 is 1.71 bits per heavy atom. The van der Waals surface area contributed by atoms with E-state index in [9.17, 15) is 4.39 Å². The number of nitrogens with one attached hydrogen (secondary N) is 1. The molecule has 1 fully saturated rings. The quantitative estimate of drug-likeness (QED) is 0.863. The second-order valence-electron chi connectivity index (χ2n) is 5.95. The molecule has 2 aliphatic rings. The number of hydrogen-bond acceptors (Lipinski definition) is 2. The molecule has 1 unspecified atom stereocenters. The molecule has 2 aromatic rings. The van der Waals surface area contributed by atoms with Gasteiger partial charge in [0.05, 0.1) is 0 Å². The summed E-state index contributed by atoms with van der Waals surface area (Å²) in [7, 11) is 0. The van der Waals surface area contributed by atoms with E-state index in [0.717, 1.165) is 37.2 Å². The molecule has 0 radical (unpaired) electrons. The normalized spacial score (nSPS) is 22.8. The van der Waals surface area contributed by atoms with Crippen molar-refractivity contribution in [2.45, 2.75) is 24.4 Å². The Morgan fingerprint density at radius 3 is 2.48 bits per heavy atom. The summed E-state index contributed by atoms with van der Waals surface area (Å²) in [4.78, 5) is 0. The van der Waals surface area contributed by atoms with Gasteiger partial charge in [0, 0.05) is 11.0 Å². The summed E-state index contributed by atoms with van der Waals surface area (Å²) in [6.07, 6.45) is 2.08. The average Bonchev–Trinajstić information content (AvgIpc) is 2.84. The molecule has 108 valence electrons. The first-order valence-corrected chi connectivity index (χ1v) is 7.52. The van der Waals surface area contributed by atoms with Crippen molar-refractivity contribution in [2.75, 3.05) is 13.1 Å². The number of benzene rings is 2. The van der Waals surface area contributed by atoms with Crippen molar-refractivity contribution in [3.8, 4) is 5.75 Å². The lowest BCUT2D eigenvalue weighted by Crippen LogP contribution is -2.42. The molecule has 2 aliphatic heterocycles. The van der Waals surface area contributed by atoms with Crippen molar-refractivity contribution in [3.05, 3.63) is 65.5 Å². The van der Waals surface area contributed by atoms with E-state index in [1.54, 1.807) is 0 Å². The Morgan fingerprint density at radius 1 is 1.00 bits per heavy atom. The van der Waals surface area contributed by atoms with E-state index in [2.05, 4.69) is 17.4 Å². The number of fused-ring (bicyclic) bond motifs is 2. The topological polar surface area (TPSA) is 21.3 Å². The summed E-state index contributed by atoms with van der Waals surface area (Å²) in [5, 5.41) is 3.43. The van der Waals surface area contributed by atoms with Crippen LogP contribution in [0.25, 0.3) is 0 Å². The lowest BCUT2D eigenvalue weighted by Gasteiger charge is -2.38. The van der Waals surface area contributed by atoms with Gasteiger partial charge in [-0.05, 0) is 49.7 Å². The molecule has 0 aromatic heterocycles. The van der Waals surface area contributed by atoms with Gasteiger partial charge < -0.3 is 10.1 Å². The molecular formula is C18H18FNO. The van der Waals surface area contributed by atoms with E-state index in [4.69, 9.17) is 4.74 Å². The molecule has 2 aromatic carbocycles. The highest BCUT2D eigenvalue weighted by Gasteiger charge is 2.49. The Hall–Kier alpha value is -1.87. The zero-order valence-corrected chi connectivity index (χ0v) is 11.8. The molecule has 21 heavy (non-hydrogen) atoms. The molecule has 4 rings (SSSR count). The highest BCUT2D eigenvalue weighted by Crippen LogP contribution is 2.54. The van der Waals surface area contributed by atoms with Gasteiger partial charge in [0.1, 0.15) is 17.7 Å². The maximum Gasteiger partial charge on any atom is 0.134 e. The molecule has 1 saturated heterocycles. The summed E-state index contributed by atoms with van der Waals surface area (Å²) in [5.74, 6) is 0.780. The second kappa shape index (κ2) is 4.85. The molecule has 0 aliphatic carbocycles. The van der Waals surface area contributed by atoms with Crippen molar-refractivity contribution in [3.63, 3.8) is 0 Å². The van der Waals surface area contributed by atoms with Gasteiger partial charge >= 0.3 is 0 Å². The van der Waals surface area contributed by atoms with Crippen LogP contribution in [0.5, 0.6) is 5.75 Å². The van der Waals surface area contributed by atoms with Gasteiger partial charge in [-0.2, -0.15) is 0 Å². The minimum Gasteiger partial charge on any atom is -0.484 e. The van der Waals surface area contributed by atoms with Crippen LogP contribution in [-0.4, -0.2) is 13.1 Å².